The van der Waals surface area contributed by atoms with Crippen molar-refractivity contribution in [1.29, 1.82) is 0 Å². The normalized spacial score (nSPS) is 16.5. The van der Waals surface area contributed by atoms with Gasteiger partial charge in [0.15, 0.2) is 0 Å². The maximum atomic E-state index is 11.3. The second-order valence-corrected chi connectivity index (χ2v) is 6.56. The van der Waals surface area contributed by atoms with Crippen molar-refractivity contribution in [3.05, 3.63) is 45.7 Å². The molecule has 0 aliphatic heterocycles. The molecule has 1 fully saturated rings. The van der Waals surface area contributed by atoms with Crippen molar-refractivity contribution in [2.45, 2.75) is 18.3 Å². The number of hydrogen-bond donors (Lipinski definition) is 1. The van der Waals surface area contributed by atoms with Gasteiger partial charge in [0.05, 0.1) is 0 Å². The molecular weight excluding hydrogens is 312 g/mol. The smallest absolute Gasteiger partial charge is 0.314 e. The summed E-state index contributed by atoms with van der Waals surface area (Å²) in [5.41, 5.74) is 0.550. The molecule has 0 bridgehead atoms. The minimum Gasteiger partial charge on any atom is -0.481 e. The average molecular weight is 323 g/mol. The summed E-state index contributed by atoms with van der Waals surface area (Å²) in [6, 6.07) is 12.1. The molecule has 2 nitrogen and oxygen atoms in total. The number of aliphatic carboxylic acids is 1. The molecule has 0 saturated heterocycles. The van der Waals surface area contributed by atoms with Crippen molar-refractivity contribution in [2.24, 2.45) is 0 Å². The van der Waals surface area contributed by atoms with Crippen LogP contribution in [0.3, 0.4) is 0 Å². The van der Waals surface area contributed by atoms with Crippen LogP contribution in [-0.2, 0) is 10.2 Å². The van der Waals surface area contributed by atoms with Gasteiger partial charge in [-0.25, -0.2) is 0 Å². The van der Waals surface area contributed by atoms with E-state index in [1.54, 1.807) is 11.3 Å². The Morgan fingerprint density at radius 3 is 2.39 bits per heavy atom. The summed E-state index contributed by atoms with van der Waals surface area (Å²) < 4.78 is 1.05. The van der Waals surface area contributed by atoms with Crippen LogP contribution in [0.2, 0.25) is 0 Å². The van der Waals surface area contributed by atoms with Gasteiger partial charge in [-0.15, -0.1) is 11.3 Å². The number of benzene rings is 1. The number of rotatable bonds is 3. The first-order valence-corrected chi connectivity index (χ1v) is 7.32. The third-order valence-corrected chi connectivity index (χ3v) is 5.23. The van der Waals surface area contributed by atoms with Gasteiger partial charge in [0.25, 0.3) is 0 Å². The van der Waals surface area contributed by atoms with Gasteiger partial charge in [0, 0.05) is 14.2 Å². The van der Waals surface area contributed by atoms with Gasteiger partial charge in [0.1, 0.15) is 5.41 Å². The molecule has 1 aromatic carbocycles. The molecule has 92 valence electrons. The molecule has 0 unspecified atom stereocenters. The van der Waals surface area contributed by atoms with Crippen LogP contribution in [0.15, 0.2) is 40.9 Å². The first-order valence-electron chi connectivity index (χ1n) is 5.71. The van der Waals surface area contributed by atoms with Crippen LogP contribution in [0.25, 0.3) is 10.4 Å². The van der Waals surface area contributed by atoms with E-state index in [1.807, 2.05) is 36.4 Å². The minimum absolute atomic E-state index is 0.585. The lowest BCUT2D eigenvalue weighted by Gasteiger charge is -2.05. The molecule has 1 aromatic heterocycles. The summed E-state index contributed by atoms with van der Waals surface area (Å²) in [5, 5.41) is 9.27. The van der Waals surface area contributed by atoms with Crippen molar-refractivity contribution >= 4 is 33.2 Å². The average Bonchev–Trinajstić information content (AvgIpc) is 3.03. The predicted molar refractivity (Wildman–Crippen MR) is 76.0 cm³/mol. The summed E-state index contributed by atoms with van der Waals surface area (Å²) in [7, 11) is 0. The Morgan fingerprint density at radius 1 is 1.17 bits per heavy atom. The monoisotopic (exact) mass is 322 g/mol. The van der Waals surface area contributed by atoms with Gasteiger partial charge in [-0.1, -0.05) is 28.1 Å². The third-order valence-electron chi connectivity index (χ3n) is 3.37. The van der Waals surface area contributed by atoms with E-state index in [0.29, 0.717) is 0 Å². The van der Waals surface area contributed by atoms with E-state index in [0.717, 1.165) is 32.6 Å². The molecule has 1 N–H and O–H groups in total. The molecule has 1 heterocycles. The fourth-order valence-electron chi connectivity index (χ4n) is 2.06. The molecule has 18 heavy (non-hydrogen) atoms. The van der Waals surface area contributed by atoms with E-state index in [4.69, 9.17) is 0 Å². The van der Waals surface area contributed by atoms with Crippen LogP contribution in [0.4, 0.5) is 0 Å². The number of carbonyl (C=O) groups is 1. The largest absolute Gasteiger partial charge is 0.481 e. The van der Waals surface area contributed by atoms with Crippen LogP contribution >= 0.6 is 27.3 Å². The lowest BCUT2D eigenvalue weighted by atomic mass is 10.1. The van der Waals surface area contributed by atoms with Crippen molar-refractivity contribution < 1.29 is 9.90 Å². The van der Waals surface area contributed by atoms with E-state index in [2.05, 4.69) is 15.9 Å². The molecule has 4 heteroatoms. The second kappa shape index (κ2) is 4.21. The third kappa shape index (κ3) is 1.89. The first-order chi connectivity index (χ1) is 8.62. The lowest BCUT2D eigenvalue weighted by molar-refractivity contribution is -0.139. The lowest BCUT2D eigenvalue weighted by Crippen LogP contribution is -2.17. The Bertz CT molecular complexity index is 597. The first kappa shape index (κ1) is 11.9. The highest BCUT2D eigenvalue weighted by atomic mass is 79.9. The van der Waals surface area contributed by atoms with Gasteiger partial charge in [0.2, 0.25) is 0 Å². The van der Waals surface area contributed by atoms with Crippen LogP contribution in [0.5, 0.6) is 0 Å². The summed E-state index contributed by atoms with van der Waals surface area (Å²) in [6.45, 7) is 0. The fraction of sp³-hybridized carbons (Fsp3) is 0.214. The SMILES string of the molecule is O=C(O)C1(c2ccc(-c3ccc(Br)cc3)s2)CC1. The molecule has 1 aliphatic carbocycles. The predicted octanol–water partition coefficient (Wildman–Crippen LogP) is 4.29. The summed E-state index contributed by atoms with van der Waals surface area (Å²) in [6.07, 6.45) is 1.53. The number of carboxylic acids is 1. The van der Waals surface area contributed by atoms with E-state index in [1.165, 1.54) is 0 Å². The van der Waals surface area contributed by atoms with E-state index in [9.17, 15) is 9.90 Å². The Morgan fingerprint density at radius 2 is 1.83 bits per heavy atom. The van der Waals surface area contributed by atoms with E-state index < -0.39 is 11.4 Å². The van der Waals surface area contributed by atoms with Gasteiger partial charge in [-0.2, -0.15) is 0 Å². The molecule has 1 saturated carbocycles. The van der Waals surface area contributed by atoms with Crippen LogP contribution in [-0.4, -0.2) is 11.1 Å². The van der Waals surface area contributed by atoms with E-state index in [-0.39, 0.29) is 0 Å². The quantitative estimate of drug-likeness (QED) is 0.915. The highest BCUT2D eigenvalue weighted by Crippen LogP contribution is 2.51. The van der Waals surface area contributed by atoms with Crippen molar-refractivity contribution in [1.82, 2.24) is 0 Å². The summed E-state index contributed by atoms with van der Waals surface area (Å²) in [4.78, 5) is 13.4. The maximum Gasteiger partial charge on any atom is 0.314 e. The molecule has 0 radical (unpaired) electrons. The number of thiophene rings is 1. The number of hydrogen-bond acceptors (Lipinski definition) is 2. The summed E-state index contributed by atoms with van der Waals surface area (Å²) >= 11 is 5.00. The molecule has 0 atom stereocenters. The zero-order valence-electron chi connectivity index (χ0n) is 9.52. The zero-order chi connectivity index (χ0) is 12.8. The molecule has 0 amide bonds. The summed E-state index contributed by atoms with van der Waals surface area (Å²) in [5.74, 6) is -0.688. The molecular formula is C14H11BrO2S. The maximum absolute atomic E-state index is 11.3. The number of halogens is 1. The molecule has 2 aromatic rings. The fourth-order valence-corrected chi connectivity index (χ4v) is 3.57. The second-order valence-electron chi connectivity index (χ2n) is 4.56. The van der Waals surface area contributed by atoms with Gasteiger partial charge in [-0.05, 0) is 42.7 Å². The molecule has 3 rings (SSSR count). The van der Waals surface area contributed by atoms with Gasteiger partial charge < -0.3 is 5.11 Å². The Balaban J connectivity index is 1.95. The van der Waals surface area contributed by atoms with Crippen molar-refractivity contribution in [3.8, 4) is 10.4 Å². The van der Waals surface area contributed by atoms with Crippen molar-refractivity contribution in [2.75, 3.05) is 0 Å². The van der Waals surface area contributed by atoms with Crippen molar-refractivity contribution in [3.63, 3.8) is 0 Å². The minimum atomic E-state index is -0.688. The zero-order valence-corrected chi connectivity index (χ0v) is 11.9. The highest BCUT2D eigenvalue weighted by Gasteiger charge is 2.52. The van der Waals surface area contributed by atoms with Crippen LogP contribution < -0.4 is 0 Å². The Kier molecular flexibility index (Phi) is 2.79. The van der Waals surface area contributed by atoms with Crippen LogP contribution in [0, 0.1) is 0 Å². The molecule has 1 aliphatic rings. The van der Waals surface area contributed by atoms with Gasteiger partial charge in [-0.3, -0.25) is 4.79 Å². The molecule has 0 spiro atoms. The Labute approximate surface area is 117 Å². The van der Waals surface area contributed by atoms with E-state index >= 15 is 0 Å². The van der Waals surface area contributed by atoms with Crippen LogP contribution in [0.1, 0.15) is 17.7 Å². The van der Waals surface area contributed by atoms with Gasteiger partial charge >= 0.3 is 5.97 Å². The highest BCUT2D eigenvalue weighted by molar-refractivity contribution is 9.10. The Hall–Kier alpha value is -1.13. The topological polar surface area (TPSA) is 37.3 Å². The number of carboxylic acid groups (broad SMARTS) is 1. The standard InChI is InChI=1S/C14H11BrO2S/c15-10-3-1-9(2-4-10)11-5-6-12(18-11)14(7-8-14)13(16)17/h1-6H,7-8H2,(H,16,17).